The summed E-state index contributed by atoms with van der Waals surface area (Å²) in [5.74, 6) is 0.663. The van der Waals surface area contributed by atoms with Crippen LogP contribution in [0.1, 0.15) is 22.9 Å². The molecule has 1 atom stereocenters. The Morgan fingerprint density at radius 2 is 2.11 bits per heavy atom. The fourth-order valence-electron chi connectivity index (χ4n) is 2.53. The lowest BCUT2D eigenvalue weighted by Crippen LogP contribution is -2.20. The summed E-state index contributed by atoms with van der Waals surface area (Å²) in [6.45, 7) is 4.07. The molecule has 2 aromatic heterocycles. The van der Waals surface area contributed by atoms with E-state index in [0.29, 0.717) is 5.78 Å². The van der Waals surface area contributed by atoms with Crippen molar-refractivity contribution in [1.82, 2.24) is 14.0 Å². The normalized spacial score (nSPS) is 13.3. The molecule has 0 aliphatic rings. The van der Waals surface area contributed by atoms with Crippen LogP contribution >= 0.6 is 15.9 Å². The zero-order chi connectivity index (χ0) is 13.7. The number of nitrogens with zero attached hydrogens (tertiary/aromatic N) is 3. The molecule has 0 radical (unpaired) electrons. The van der Waals surface area contributed by atoms with E-state index in [1.807, 2.05) is 23.6 Å². The average molecular weight is 320 g/mol. The van der Waals surface area contributed by atoms with E-state index in [9.17, 15) is 4.79 Å². The van der Waals surface area contributed by atoms with E-state index in [4.69, 9.17) is 0 Å². The van der Waals surface area contributed by atoms with Gasteiger partial charge in [0.2, 0.25) is 5.78 Å². The zero-order valence-electron chi connectivity index (χ0n) is 11.0. The molecule has 3 aromatic rings. The Labute approximate surface area is 118 Å². The summed E-state index contributed by atoms with van der Waals surface area (Å²) in [5, 5.41) is 0.731. The largest absolute Gasteiger partial charge is 0.285 e. The van der Waals surface area contributed by atoms with E-state index in [1.165, 1.54) is 0 Å². The van der Waals surface area contributed by atoms with Gasteiger partial charge in [-0.2, -0.15) is 0 Å². The van der Waals surface area contributed by atoms with Gasteiger partial charge < -0.3 is 0 Å². The minimum atomic E-state index is -0.00759. The summed E-state index contributed by atoms with van der Waals surface area (Å²) < 4.78 is 3.56. The Hall–Kier alpha value is -1.62. The van der Waals surface area contributed by atoms with Gasteiger partial charge in [0.25, 0.3) is 5.56 Å². The van der Waals surface area contributed by atoms with Crippen LogP contribution in [-0.2, 0) is 7.05 Å². The number of aryl methyl sites for hydroxylation is 2. The van der Waals surface area contributed by atoms with Crippen molar-refractivity contribution in [3.8, 4) is 0 Å². The molecule has 0 N–H and O–H groups in total. The molecule has 0 amide bonds. The summed E-state index contributed by atoms with van der Waals surface area (Å²) in [4.78, 5) is 16.9. The van der Waals surface area contributed by atoms with E-state index in [1.54, 1.807) is 17.8 Å². The number of benzene rings is 1. The molecule has 1 aromatic carbocycles. The molecule has 0 aliphatic heterocycles. The maximum Gasteiger partial charge on any atom is 0.262 e. The maximum atomic E-state index is 12.5. The van der Waals surface area contributed by atoms with Crippen molar-refractivity contribution in [2.24, 2.45) is 7.05 Å². The molecule has 4 nitrogen and oxygen atoms in total. The molecule has 0 fully saturated rings. The number of imidazole rings is 1. The number of rotatable bonds is 1. The minimum absolute atomic E-state index is 0.00759. The Morgan fingerprint density at radius 3 is 2.79 bits per heavy atom. The molecule has 2 heterocycles. The minimum Gasteiger partial charge on any atom is -0.285 e. The second-order valence-electron chi connectivity index (χ2n) is 4.83. The van der Waals surface area contributed by atoms with Crippen molar-refractivity contribution in [3.05, 3.63) is 46.0 Å². The van der Waals surface area contributed by atoms with Gasteiger partial charge in [-0.3, -0.25) is 13.8 Å². The average Bonchev–Trinajstić information content (AvgIpc) is 2.84. The summed E-state index contributed by atoms with van der Waals surface area (Å²) in [6, 6.07) is 4.05. The lowest BCUT2D eigenvalue weighted by Gasteiger charge is -2.13. The smallest absolute Gasteiger partial charge is 0.262 e. The molecule has 0 bridgehead atoms. The molecule has 5 heteroatoms. The highest BCUT2D eigenvalue weighted by Gasteiger charge is 2.15. The molecule has 1 unspecified atom stereocenters. The lowest BCUT2D eigenvalue weighted by molar-refractivity contribution is 0.862. The van der Waals surface area contributed by atoms with Crippen LogP contribution in [0.15, 0.2) is 29.3 Å². The van der Waals surface area contributed by atoms with Crippen LogP contribution < -0.4 is 5.56 Å². The SMILES string of the molecule is Cc1cc(C(C)Br)c2c(c1)c(=O)n(C)c1nccn21. The highest BCUT2D eigenvalue weighted by atomic mass is 79.9. The van der Waals surface area contributed by atoms with E-state index in [-0.39, 0.29) is 10.4 Å². The molecular weight excluding hydrogens is 306 g/mol. The quantitative estimate of drug-likeness (QED) is 0.647. The number of hydrogen-bond acceptors (Lipinski definition) is 2. The number of halogens is 1. The van der Waals surface area contributed by atoms with Crippen molar-refractivity contribution in [2.75, 3.05) is 0 Å². The standard InChI is InChI=1S/C14H14BrN3O/c1-8-6-10(9(2)15)12-11(7-8)13(19)17(3)14-16-4-5-18(12)14/h4-7,9H,1-3H3. The first kappa shape index (κ1) is 12.4. The topological polar surface area (TPSA) is 39.3 Å². The van der Waals surface area contributed by atoms with Crippen molar-refractivity contribution in [1.29, 1.82) is 0 Å². The van der Waals surface area contributed by atoms with E-state index >= 15 is 0 Å². The van der Waals surface area contributed by atoms with Crippen molar-refractivity contribution in [3.63, 3.8) is 0 Å². The molecule has 0 aliphatic carbocycles. The highest BCUT2D eigenvalue weighted by Crippen LogP contribution is 2.29. The van der Waals surface area contributed by atoms with E-state index in [2.05, 4.69) is 33.9 Å². The maximum absolute atomic E-state index is 12.5. The Morgan fingerprint density at radius 1 is 1.37 bits per heavy atom. The lowest BCUT2D eigenvalue weighted by atomic mass is 10.0. The van der Waals surface area contributed by atoms with Gasteiger partial charge in [-0.25, -0.2) is 4.98 Å². The third-order valence-electron chi connectivity index (χ3n) is 3.41. The Kier molecular flexibility index (Phi) is 2.74. The monoisotopic (exact) mass is 319 g/mol. The highest BCUT2D eigenvalue weighted by molar-refractivity contribution is 9.09. The number of hydrogen-bond donors (Lipinski definition) is 0. The molecule has 98 valence electrons. The first-order chi connectivity index (χ1) is 9.00. The molecule has 19 heavy (non-hydrogen) atoms. The second kappa shape index (κ2) is 4.20. The van der Waals surface area contributed by atoms with Crippen molar-refractivity contribution in [2.45, 2.75) is 18.7 Å². The van der Waals surface area contributed by atoms with Gasteiger partial charge in [0, 0.05) is 24.3 Å². The molecule has 0 saturated heterocycles. The van der Waals surface area contributed by atoms with Gasteiger partial charge >= 0.3 is 0 Å². The van der Waals surface area contributed by atoms with Gasteiger partial charge in [-0.05, 0) is 31.0 Å². The van der Waals surface area contributed by atoms with Crippen LogP contribution in [0.4, 0.5) is 0 Å². The second-order valence-corrected chi connectivity index (χ2v) is 6.20. The van der Waals surface area contributed by atoms with E-state index < -0.39 is 0 Å². The van der Waals surface area contributed by atoms with Gasteiger partial charge in [0.05, 0.1) is 10.9 Å². The fraction of sp³-hybridized carbons (Fsp3) is 0.286. The van der Waals surface area contributed by atoms with Gasteiger partial charge in [0.15, 0.2) is 0 Å². The van der Waals surface area contributed by atoms with Crippen LogP contribution in [0.3, 0.4) is 0 Å². The Balaban J connectivity index is 2.68. The number of aromatic nitrogens is 3. The molecule has 0 saturated carbocycles. The van der Waals surface area contributed by atoms with E-state index in [0.717, 1.165) is 22.0 Å². The summed E-state index contributed by atoms with van der Waals surface area (Å²) in [7, 11) is 1.75. The predicted molar refractivity (Wildman–Crippen MR) is 80.0 cm³/mol. The molecule has 0 spiro atoms. The summed E-state index contributed by atoms with van der Waals surface area (Å²) >= 11 is 3.61. The number of alkyl halides is 1. The van der Waals surface area contributed by atoms with Crippen LogP contribution in [-0.4, -0.2) is 14.0 Å². The van der Waals surface area contributed by atoms with Crippen LogP contribution in [0.25, 0.3) is 16.7 Å². The fourth-order valence-corrected chi connectivity index (χ4v) is 2.88. The van der Waals surface area contributed by atoms with Crippen LogP contribution in [0.2, 0.25) is 0 Å². The first-order valence-corrected chi connectivity index (χ1v) is 7.02. The third kappa shape index (κ3) is 1.72. The predicted octanol–water partition coefficient (Wildman–Crippen LogP) is 2.95. The first-order valence-electron chi connectivity index (χ1n) is 6.11. The molecular formula is C14H14BrN3O. The van der Waals surface area contributed by atoms with Crippen LogP contribution in [0.5, 0.6) is 0 Å². The summed E-state index contributed by atoms with van der Waals surface area (Å²) in [5.41, 5.74) is 3.12. The number of fused-ring (bicyclic) bond motifs is 3. The Bertz CT molecular complexity index is 845. The van der Waals surface area contributed by atoms with Crippen molar-refractivity contribution < 1.29 is 0 Å². The van der Waals surface area contributed by atoms with Gasteiger partial charge in [0.1, 0.15) is 0 Å². The van der Waals surface area contributed by atoms with Crippen molar-refractivity contribution >= 4 is 32.6 Å². The van der Waals surface area contributed by atoms with Gasteiger partial charge in [-0.15, -0.1) is 0 Å². The van der Waals surface area contributed by atoms with Crippen LogP contribution in [0, 0.1) is 6.92 Å². The third-order valence-corrected chi connectivity index (χ3v) is 3.90. The van der Waals surface area contributed by atoms with Gasteiger partial charge in [-0.1, -0.05) is 22.0 Å². The molecule has 3 rings (SSSR count). The zero-order valence-corrected chi connectivity index (χ0v) is 12.6. The summed E-state index contributed by atoms with van der Waals surface area (Å²) in [6.07, 6.45) is 3.61.